The summed E-state index contributed by atoms with van der Waals surface area (Å²) >= 11 is 11.8. The van der Waals surface area contributed by atoms with Gasteiger partial charge in [0.05, 0.1) is 10.0 Å². The number of nitrogens with two attached hydrogens (primary N) is 1. The van der Waals surface area contributed by atoms with Gasteiger partial charge in [-0.3, -0.25) is 4.79 Å². The number of nitrogens with one attached hydrogen (secondary N) is 2. The molecule has 0 saturated heterocycles. The van der Waals surface area contributed by atoms with Crippen LogP contribution in [0.5, 0.6) is 0 Å². The number of hydrogen-bond donors (Lipinski definition) is 3. The van der Waals surface area contributed by atoms with Gasteiger partial charge in [-0.2, -0.15) is 0 Å². The number of primary amides is 1. The van der Waals surface area contributed by atoms with E-state index in [0.717, 1.165) is 0 Å². The summed E-state index contributed by atoms with van der Waals surface area (Å²) in [6.45, 7) is 1.62. The largest absolute Gasteiger partial charge is 0.372 e. The van der Waals surface area contributed by atoms with Gasteiger partial charge in [0.2, 0.25) is 5.91 Å². The fourth-order valence-electron chi connectivity index (χ4n) is 1.02. The number of nitrogens with zero attached hydrogens (tertiary/aromatic N) is 1. The molecule has 1 aromatic rings. The second-order valence-corrected chi connectivity index (χ2v) is 3.98. The Hall–Kier alpha value is -1.20. The molecule has 1 heterocycles. The second kappa shape index (κ2) is 5.23. The van der Waals surface area contributed by atoms with Crippen molar-refractivity contribution >= 4 is 40.7 Å². The molecule has 1 atom stereocenters. The van der Waals surface area contributed by atoms with E-state index in [9.17, 15) is 4.79 Å². The molecule has 0 aliphatic carbocycles. The molecule has 88 valence electrons. The summed E-state index contributed by atoms with van der Waals surface area (Å²) in [5.74, 6) is 0.353. The number of pyridine rings is 1. The zero-order valence-corrected chi connectivity index (χ0v) is 10.4. The molecule has 1 unspecified atom stereocenters. The molecule has 0 fully saturated rings. The summed E-state index contributed by atoms with van der Waals surface area (Å²) < 4.78 is 0. The number of halogens is 2. The van der Waals surface area contributed by atoms with Gasteiger partial charge in [0.15, 0.2) is 0 Å². The quantitative estimate of drug-likeness (QED) is 0.772. The third kappa shape index (κ3) is 2.90. The molecule has 1 rings (SSSR count). The van der Waals surface area contributed by atoms with Crippen molar-refractivity contribution in [1.29, 1.82) is 0 Å². The fourth-order valence-corrected chi connectivity index (χ4v) is 1.53. The van der Waals surface area contributed by atoms with E-state index < -0.39 is 11.9 Å². The van der Waals surface area contributed by atoms with Gasteiger partial charge in [-0.25, -0.2) is 4.98 Å². The molecule has 0 aromatic carbocycles. The zero-order chi connectivity index (χ0) is 12.3. The third-order valence-electron chi connectivity index (χ3n) is 1.95. The molecule has 0 aliphatic heterocycles. The van der Waals surface area contributed by atoms with E-state index in [4.69, 9.17) is 28.9 Å². The standard InChI is InChI=1S/C9H12Cl2N4O/c1-4(7(12)16)14-9-6(11)3-5(10)8(13-2)15-9/h3-4H,1-2H3,(H2,12,16)(H2,13,14,15). The number of carbonyl (C=O) groups is 1. The Bertz CT molecular complexity index is 411. The van der Waals surface area contributed by atoms with E-state index in [0.29, 0.717) is 21.7 Å². The van der Waals surface area contributed by atoms with Crippen molar-refractivity contribution in [3.8, 4) is 0 Å². The van der Waals surface area contributed by atoms with Gasteiger partial charge in [0, 0.05) is 7.05 Å². The predicted octanol–water partition coefficient (Wildman–Crippen LogP) is 1.72. The molecule has 7 heteroatoms. The van der Waals surface area contributed by atoms with Crippen LogP contribution in [-0.4, -0.2) is 24.0 Å². The van der Waals surface area contributed by atoms with Crippen LogP contribution in [-0.2, 0) is 4.79 Å². The minimum atomic E-state index is -0.559. The van der Waals surface area contributed by atoms with Crippen molar-refractivity contribution < 1.29 is 4.79 Å². The number of rotatable bonds is 4. The summed E-state index contributed by atoms with van der Waals surface area (Å²) in [5, 5.41) is 6.34. The Morgan fingerprint density at radius 3 is 2.50 bits per heavy atom. The molecular formula is C9H12Cl2N4O. The average Bonchev–Trinajstić information content (AvgIpc) is 2.21. The molecular weight excluding hydrogens is 251 g/mol. The lowest BCUT2D eigenvalue weighted by Crippen LogP contribution is -2.32. The Balaban J connectivity index is 3.00. The van der Waals surface area contributed by atoms with Gasteiger partial charge in [-0.05, 0) is 13.0 Å². The van der Waals surface area contributed by atoms with Crippen LogP contribution < -0.4 is 16.4 Å². The Morgan fingerprint density at radius 1 is 1.44 bits per heavy atom. The summed E-state index contributed by atoms with van der Waals surface area (Å²) in [6, 6.07) is 0.980. The van der Waals surface area contributed by atoms with Crippen molar-refractivity contribution in [2.45, 2.75) is 13.0 Å². The first-order valence-corrected chi connectivity index (χ1v) is 5.31. The molecule has 0 radical (unpaired) electrons. The van der Waals surface area contributed by atoms with Crippen LogP contribution in [0, 0.1) is 0 Å². The summed E-state index contributed by atoms with van der Waals surface area (Å²) in [7, 11) is 1.68. The van der Waals surface area contributed by atoms with Crippen LogP contribution in [0.15, 0.2) is 6.07 Å². The minimum Gasteiger partial charge on any atom is -0.372 e. The first kappa shape index (κ1) is 12.9. The molecule has 0 bridgehead atoms. The van der Waals surface area contributed by atoms with Crippen molar-refractivity contribution in [3.63, 3.8) is 0 Å². The molecule has 0 aliphatic rings. The minimum absolute atomic E-state index is 0.331. The lowest BCUT2D eigenvalue weighted by Gasteiger charge is -2.13. The highest BCUT2D eigenvalue weighted by molar-refractivity contribution is 6.37. The number of carbonyl (C=O) groups excluding carboxylic acids is 1. The van der Waals surface area contributed by atoms with Crippen LogP contribution in [0.1, 0.15) is 6.92 Å². The molecule has 0 spiro atoms. The molecule has 5 nitrogen and oxygen atoms in total. The average molecular weight is 263 g/mol. The Morgan fingerprint density at radius 2 is 2.00 bits per heavy atom. The normalized spacial score (nSPS) is 12.0. The van der Waals surface area contributed by atoms with Gasteiger partial charge in [0.25, 0.3) is 0 Å². The molecule has 1 amide bonds. The van der Waals surface area contributed by atoms with E-state index in [1.807, 2.05) is 0 Å². The monoisotopic (exact) mass is 262 g/mol. The van der Waals surface area contributed by atoms with Crippen molar-refractivity contribution in [2.75, 3.05) is 17.7 Å². The number of amides is 1. The highest BCUT2D eigenvalue weighted by Crippen LogP contribution is 2.29. The lowest BCUT2D eigenvalue weighted by atomic mass is 10.3. The topological polar surface area (TPSA) is 80.0 Å². The first-order chi connectivity index (χ1) is 7.45. The van der Waals surface area contributed by atoms with Crippen LogP contribution >= 0.6 is 23.2 Å². The van der Waals surface area contributed by atoms with Crippen molar-refractivity contribution in [3.05, 3.63) is 16.1 Å². The predicted molar refractivity (Wildman–Crippen MR) is 66.1 cm³/mol. The molecule has 1 aromatic heterocycles. The summed E-state index contributed by atoms with van der Waals surface area (Å²) in [4.78, 5) is 15.0. The van der Waals surface area contributed by atoms with E-state index in [1.54, 1.807) is 14.0 Å². The SMILES string of the molecule is CNc1nc(NC(C)C(N)=O)c(Cl)cc1Cl. The second-order valence-electron chi connectivity index (χ2n) is 3.17. The summed E-state index contributed by atoms with van der Waals surface area (Å²) in [6.07, 6.45) is 0. The van der Waals surface area contributed by atoms with Gasteiger partial charge in [0.1, 0.15) is 17.7 Å². The van der Waals surface area contributed by atoms with E-state index >= 15 is 0 Å². The number of hydrogen-bond acceptors (Lipinski definition) is 4. The third-order valence-corrected chi connectivity index (χ3v) is 2.52. The fraction of sp³-hybridized carbons (Fsp3) is 0.333. The van der Waals surface area contributed by atoms with Gasteiger partial charge < -0.3 is 16.4 Å². The maximum atomic E-state index is 10.9. The molecule has 0 saturated carbocycles. The molecule has 4 N–H and O–H groups in total. The van der Waals surface area contributed by atoms with Crippen LogP contribution in [0.4, 0.5) is 11.6 Å². The maximum Gasteiger partial charge on any atom is 0.239 e. The highest BCUT2D eigenvalue weighted by atomic mass is 35.5. The number of anilines is 2. The van der Waals surface area contributed by atoms with Crippen LogP contribution in [0.25, 0.3) is 0 Å². The highest BCUT2D eigenvalue weighted by Gasteiger charge is 2.13. The number of aromatic nitrogens is 1. The summed E-state index contributed by atoms with van der Waals surface area (Å²) in [5.41, 5.74) is 5.12. The molecule has 16 heavy (non-hydrogen) atoms. The zero-order valence-electron chi connectivity index (χ0n) is 8.84. The van der Waals surface area contributed by atoms with E-state index in [2.05, 4.69) is 15.6 Å². The van der Waals surface area contributed by atoms with Gasteiger partial charge in [-0.15, -0.1) is 0 Å². The Labute approximate surface area is 103 Å². The van der Waals surface area contributed by atoms with E-state index in [1.165, 1.54) is 6.07 Å². The van der Waals surface area contributed by atoms with Gasteiger partial charge >= 0.3 is 0 Å². The van der Waals surface area contributed by atoms with Crippen molar-refractivity contribution in [1.82, 2.24) is 4.98 Å². The van der Waals surface area contributed by atoms with Crippen LogP contribution in [0.2, 0.25) is 10.0 Å². The van der Waals surface area contributed by atoms with Gasteiger partial charge in [-0.1, -0.05) is 23.2 Å². The smallest absolute Gasteiger partial charge is 0.239 e. The van der Waals surface area contributed by atoms with Crippen molar-refractivity contribution in [2.24, 2.45) is 5.73 Å². The van der Waals surface area contributed by atoms with Crippen LogP contribution in [0.3, 0.4) is 0 Å². The maximum absolute atomic E-state index is 10.9. The Kier molecular flexibility index (Phi) is 4.20. The van der Waals surface area contributed by atoms with E-state index in [-0.39, 0.29) is 0 Å². The lowest BCUT2D eigenvalue weighted by molar-refractivity contribution is -0.118. The first-order valence-electron chi connectivity index (χ1n) is 4.55.